The number of aromatic amines is 1. The van der Waals surface area contributed by atoms with Crippen LogP contribution >= 0.6 is 15.9 Å². The zero-order valence-corrected chi connectivity index (χ0v) is 10.6. The maximum Gasteiger partial charge on any atom is 0.293 e. The molecule has 6 nitrogen and oxygen atoms in total. The Hall–Kier alpha value is -1.89. The molecule has 17 heavy (non-hydrogen) atoms. The van der Waals surface area contributed by atoms with E-state index in [9.17, 15) is 4.79 Å². The highest BCUT2D eigenvalue weighted by atomic mass is 79.9. The molecule has 0 unspecified atom stereocenters. The topological polar surface area (TPSA) is 96.7 Å². The molecule has 0 aliphatic rings. The van der Waals surface area contributed by atoms with Crippen LogP contribution in [0.3, 0.4) is 0 Å². The summed E-state index contributed by atoms with van der Waals surface area (Å²) in [4.78, 5) is 15.4. The van der Waals surface area contributed by atoms with E-state index in [1.807, 2.05) is 19.1 Å². The summed E-state index contributed by atoms with van der Waals surface area (Å²) in [5, 5.41) is 8.72. The first-order valence-corrected chi connectivity index (χ1v) is 5.61. The van der Waals surface area contributed by atoms with Crippen LogP contribution in [0, 0.1) is 6.92 Å². The third kappa shape index (κ3) is 2.62. The Kier molecular flexibility index (Phi) is 3.10. The van der Waals surface area contributed by atoms with Gasteiger partial charge in [0.25, 0.3) is 5.91 Å². The molecule has 1 amide bonds. The molecule has 0 bridgehead atoms. The molecule has 1 aromatic carbocycles. The molecule has 1 aromatic heterocycles. The number of hydrogen-bond acceptors (Lipinski definition) is 4. The van der Waals surface area contributed by atoms with Gasteiger partial charge in [-0.2, -0.15) is 4.98 Å². The average Bonchev–Trinajstić information content (AvgIpc) is 2.70. The highest BCUT2D eigenvalue weighted by molar-refractivity contribution is 9.10. The van der Waals surface area contributed by atoms with Crippen LogP contribution in [0.15, 0.2) is 22.7 Å². The van der Waals surface area contributed by atoms with Gasteiger partial charge >= 0.3 is 0 Å². The van der Waals surface area contributed by atoms with Crippen molar-refractivity contribution in [2.75, 3.05) is 11.1 Å². The molecular weight excluding hydrogens is 286 g/mol. The smallest absolute Gasteiger partial charge is 0.293 e. The minimum atomic E-state index is -0.379. The lowest BCUT2D eigenvalue weighted by atomic mass is 10.2. The minimum absolute atomic E-state index is 0.0436. The van der Waals surface area contributed by atoms with Crippen molar-refractivity contribution in [2.24, 2.45) is 0 Å². The van der Waals surface area contributed by atoms with Crippen molar-refractivity contribution >= 4 is 33.5 Å². The van der Waals surface area contributed by atoms with Gasteiger partial charge in [-0.05, 0) is 30.7 Å². The van der Waals surface area contributed by atoms with Crippen LogP contribution in [-0.4, -0.2) is 21.1 Å². The monoisotopic (exact) mass is 295 g/mol. The normalized spacial score (nSPS) is 10.2. The molecule has 0 spiro atoms. The largest absolute Gasteiger partial charge is 0.366 e. The zero-order chi connectivity index (χ0) is 12.4. The number of amides is 1. The lowest BCUT2D eigenvalue weighted by molar-refractivity contribution is 0.101. The Morgan fingerprint density at radius 3 is 2.88 bits per heavy atom. The maximum absolute atomic E-state index is 11.7. The van der Waals surface area contributed by atoms with Gasteiger partial charge in [0.1, 0.15) is 0 Å². The maximum atomic E-state index is 11.7. The van der Waals surface area contributed by atoms with E-state index in [1.165, 1.54) is 0 Å². The quantitative estimate of drug-likeness (QED) is 0.786. The molecule has 0 fully saturated rings. The number of carbonyl (C=O) groups is 1. The molecule has 0 saturated carbocycles. The number of hydrogen-bond donors (Lipinski definition) is 3. The molecule has 0 saturated heterocycles. The molecule has 88 valence electrons. The SMILES string of the molecule is Cc1cc(NC(=O)c2nc(N)n[nH]2)ccc1Br. The van der Waals surface area contributed by atoms with Crippen molar-refractivity contribution in [2.45, 2.75) is 6.92 Å². The third-order valence-corrected chi connectivity index (χ3v) is 3.02. The summed E-state index contributed by atoms with van der Waals surface area (Å²) < 4.78 is 0.986. The van der Waals surface area contributed by atoms with E-state index in [0.717, 1.165) is 10.0 Å². The van der Waals surface area contributed by atoms with Gasteiger partial charge in [0, 0.05) is 10.2 Å². The number of nitrogens with two attached hydrogens (primary N) is 1. The molecule has 0 aliphatic heterocycles. The van der Waals surface area contributed by atoms with Crippen LogP contribution in [0.25, 0.3) is 0 Å². The van der Waals surface area contributed by atoms with E-state index in [-0.39, 0.29) is 17.7 Å². The van der Waals surface area contributed by atoms with E-state index in [0.29, 0.717) is 5.69 Å². The summed E-state index contributed by atoms with van der Waals surface area (Å²) in [5.74, 6) is -0.249. The predicted octanol–water partition coefficient (Wildman–Crippen LogP) is 1.71. The number of aryl methyl sites for hydroxylation is 1. The number of H-pyrrole nitrogens is 1. The summed E-state index contributed by atoms with van der Waals surface area (Å²) in [5.41, 5.74) is 7.03. The highest BCUT2D eigenvalue weighted by Crippen LogP contribution is 2.20. The summed E-state index contributed by atoms with van der Waals surface area (Å²) in [7, 11) is 0. The van der Waals surface area contributed by atoms with Gasteiger partial charge in [0.15, 0.2) is 0 Å². The fourth-order valence-electron chi connectivity index (χ4n) is 1.29. The third-order valence-electron chi connectivity index (χ3n) is 2.13. The summed E-state index contributed by atoms with van der Waals surface area (Å²) in [6.45, 7) is 1.94. The van der Waals surface area contributed by atoms with Gasteiger partial charge in [0.05, 0.1) is 0 Å². The number of nitrogen functional groups attached to an aromatic ring is 1. The lowest BCUT2D eigenvalue weighted by Gasteiger charge is -2.05. The fourth-order valence-corrected chi connectivity index (χ4v) is 1.54. The van der Waals surface area contributed by atoms with Gasteiger partial charge in [-0.15, -0.1) is 5.10 Å². The van der Waals surface area contributed by atoms with Crippen molar-refractivity contribution in [3.63, 3.8) is 0 Å². The molecule has 0 atom stereocenters. The number of nitrogens with zero attached hydrogens (tertiary/aromatic N) is 2. The molecule has 1 heterocycles. The molecule has 4 N–H and O–H groups in total. The standard InChI is InChI=1S/C10H10BrN5O/c1-5-4-6(2-3-7(5)11)13-9(17)8-14-10(12)16-15-8/h2-4H,1H3,(H,13,17)(H3,12,14,15,16). The van der Waals surface area contributed by atoms with Crippen LogP contribution in [-0.2, 0) is 0 Å². The predicted molar refractivity (Wildman–Crippen MR) is 67.6 cm³/mol. The number of carbonyl (C=O) groups excluding carboxylic acids is 1. The first kappa shape index (κ1) is 11.6. The number of benzene rings is 1. The second-order valence-corrected chi connectivity index (χ2v) is 4.31. The van der Waals surface area contributed by atoms with Crippen LogP contribution in [0.5, 0.6) is 0 Å². The molecule has 7 heteroatoms. The van der Waals surface area contributed by atoms with Crippen molar-refractivity contribution in [3.05, 3.63) is 34.1 Å². The van der Waals surface area contributed by atoms with Crippen molar-refractivity contribution in [3.8, 4) is 0 Å². The van der Waals surface area contributed by atoms with Gasteiger partial charge in [-0.3, -0.25) is 9.89 Å². The molecule has 0 radical (unpaired) electrons. The van der Waals surface area contributed by atoms with Gasteiger partial charge in [-0.1, -0.05) is 15.9 Å². The van der Waals surface area contributed by atoms with Crippen LogP contribution in [0.1, 0.15) is 16.2 Å². The van der Waals surface area contributed by atoms with Crippen LogP contribution < -0.4 is 11.1 Å². The number of nitrogens with one attached hydrogen (secondary N) is 2. The summed E-state index contributed by atoms with van der Waals surface area (Å²) >= 11 is 3.39. The molecule has 0 aliphatic carbocycles. The number of aromatic nitrogens is 3. The Labute approximate surface area is 106 Å². The van der Waals surface area contributed by atoms with Gasteiger partial charge < -0.3 is 11.1 Å². The second-order valence-electron chi connectivity index (χ2n) is 3.46. The number of rotatable bonds is 2. The van der Waals surface area contributed by atoms with Gasteiger partial charge in [0.2, 0.25) is 11.8 Å². The number of halogens is 1. The Morgan fingerprint density at radius 1 is 1.53 bits per heavy atom. The molecule has 2 rings (SSSR count). The molecular formula is C10H10BrN5O. The highest BCUT2D eigenvalue weighted by Gasteiger charge is 2.11. The van der Waals surface area contributed by atoms with E-state index in [2.05, 4.69) is 36.4 Å². The van der Waals surface area contributed by atoms with Crippen molar-refractivity contribution in [1.29, 1.82) is 0 Å². The first-order chi connectivity index (χ1) is 8.06. The zero-order valence-electron chi connectivity index (χ0n) is 8.99. The second kappa shape index (κ2) is 4.54. The Morgan fingerprint density at radius 2 is 2.29 bits per heavy atom. The minimum Gasteiger partial charge on any atom is -0.366 e. The lowest BCUT2D eigenvalue weighted by Crippen LogP contribution is -2.13. The fraction of sp³-hybridized carbons (Fsp3) is 0.100. The average molecular weight is 296 g/mol. The Bertz CT molecular complexity index is 566. The van der Waals surface area contributed by atoms with E-state index in [1.54, 1.807) is 6.07 Å². The first-order valence-electron chi connectivity index (χ1n) is 4.81. The van der Waals surface area contributed by atoms with E-state index in [4.69, 9.17) is 5.73 Å². The van der Waals surface area contributed by atoms with Crippen molar-refractivity contribution < 1.29 is 4.79 Å². The summed E-state index contributed by atoms with van der Waals surface area (Å²) in [6.07, 6.45) is 0. The number of anilines is 2. The van der Waals surface area contributed by atoms with Crippen molar-refractivity contribution in [1.82, 2.24) is 15.2 Å². The van der Waals surface area contributed by atoms with Crippen LogP contribution in [0.4, 0.5) is 11.6 Å². The van der Waals surface area contributed by atoms with Gasteiger partial charge in [-0.25, -0.2) is 0 Å². The summed E-state index contributed by atoms with van der Waals surface area (Å²) in [6, 6.07) is 5.50. The van der Waals surface area contributed by atoms with E-state index >= 15 is 0 Å². The molecule has 2 aromatic rings. The van der Waals surface area contributed by atoms with Crippen LogP contribution in [0.2, 0.25) is 0 Å². The Balaban J connectivity index is 2.15. The van der Waals surface area contributed by atoms with E-state index < -0.39 is 0 Å².